The minimum absolute atomic E-state index is 0. The van der Waals surface area contributed by atoms with E-state index >= 15 is 0 Å². The number of aryl methyl sites for hydroxylation is 4. The molecule has 8 rings (SSSR count). The Bertz CT molecular complexity index is 1650. The number of Topliss-reactive ketones (excluding diaryl/α,β-unsaturated/α-hetero) is 1. The number of rotatable bonds is 8. The molecule has 0 amide bonds. The van der Waals surface area contributed by atoms with Gasteiger partial charge in [-0.15, -0.1) is 22.7 Å². The molecular formula is C35H51AlLiN7OS2. The monoisotopic (exact) mass is 683 g/mol. The molecule has 2 saturated carbocycles. The van der Waals surface area contributed by atoms with E-state index in [2.05, 4.69) is 42.8 Å². The second kappa shape index (κ2) is 16.9. The first-order valence-electron chi connectivity index (χ1n) is 17.3. The van der Waals surface area contributed by atoms with E-state index in [4.69, 9.17) is 0 Å². The molecule has 0 atom stereocenters. The number of fused-ring (bicyclic) bond motifs is 6. The van der Waals surface area contributed by atoms with Gasteiger partial charge in [-0.3, -0.25) is 0 Å². The molecule has 248 valence electrons. The maximum atomic E-state index is 11.3. The molecule has 4 heterocycles. The predicted octanol–water partition coefficient (Wildman–Crippen LogP) is 3.58. The third-order valence-electron chi connectivity index (χ3n) is 10.3. The molecule has 0 unspecified atom stereocenters. The molecule has 0 aromatic carbocycles. The molecule has 0 saturated heterocycles. The summed E-state index contributed by atoms with van der Waals surface area (Å²) in [5.74, 6) is 3.02. The average molecular weight is 684 g/mol. The van der Waals surface area contributed by atoms with Crippen LogP contribution < -0.4 is 34.8 Å². The molecule has 4 aromatic rings. The van der Waals surface area contributed by atoms with Gasteiger partial charge < -0.3 is 22.2 Å². The van der Waals surface area contributed by atoms with Crippen molar-refractivity contribution in [3.8, 4) is 0 Å². The van der Waals surface area contributed by atoms with Crippen LogP contribution in [0.4, 0.5) is 11.6 Å². The number of hydrogen-bond acceptors (Lipinski definition) is 10. The molecular weight excluding hydrogens is 632 g/mol. The Morgan fingerprint density at radius 3 is 1.68 bits per heavy atom. The van der Waals surface area contributed by atoms with Crippen LogP contribution in [0, 0.1) is 5.92 Å². The van der Waals surface area contributed by atoms with Crippen LogP contribution in [0.5, 0.6) is 0 Å². The maximum Gasteiger partial charge on any atom is 1.00 e. The first kappa shape index (κ1) is 36.7. The molecule has 0 spiro atoms. The van der Waals surface area contributed by atoms with E-state index in [0.717, 1.165) is 55.1 Å². The van der Waals surface area contributed by atoms with Crippen LogP contribution in [0.2, 0.25) is 0 Å². The van der Waals surface area contributed by atoms with Crippen molar-refractivity contribution in [3.05, 3.63) is 33.5 Å². The van der Waals surface area contributed by atoms with Crippen molar-refractivity contribution in [2.45, 2.75) is 128 Å². The van der Waals surface area contributed by atoms with Crippen LogP contribution in [-0.2, 0) is 30.5 Å². The Balaban J connectivity index is 0.000000204. The molecule has 4 aromatic heterocycles. The number of thiophene rings is 2. The Hall–Kier alpha value is -1.56. The largest absolute Gasteiger partial charge is 1.00 e. The number of aromatic nitrogens is 4. The average Bonchev–Trinajstić information content (AvgIpc) is 3.81. The molecule has 0 radical (unpaired) electrons. The molecule has 4 aliphatic carbocycles. The zero-order valence-corrected chi connectivity index (χ0v) is 29.4. The van der Waals surface area contributed by atoms with Crippen LogP contribution in [0.1, 0.15) is 107 Å². The summed E-state index contributed by atoms with van der Waals surface area (Å²) < 4.78 is 0. The minimum atomic E-state index is 0. The number of nitrogens with zero attached hydrogens (tertiary/aromatic N) is 4. The van der Waals surface area contributed by atoms with E-state index < -0.39 is 0 Å². The molecule has 8 nitrogen and oxygen atoms in total. The van der Waals surface area contributed by atoms with E-state index in [1.807, 2.05) is 22.7 Å². The molecule has 47 heavy (non-hydrogen) atoms. The second-order valence-electron chi connectivity index (χ2n) is 13.5. The van der Waals surface area contributed by atoms with Gasteiger partial charge in [0.1, 0.15) is 39.7 Å². The van der Waals surface area contributed by atoms with Crippen molar-refractivity contribution in [2.75, 3.05) is 17.2 Å². The van der Waals surface area contributed by atoms with Crippen molar-refractivity contribution >= 4 is 77.9 Å². The van der Waals surface area contributed by atoms with Crippen LogP contribution in [0.25, 0.3) is 20.4 Å². The summed E-state index contributed by atoms with van der Waals surface area (Å²) in [7, 11) is 0. The molecule has 12 heteroatoms. The Morgan fingerprint density at radius 2 is 1.21 bits per heavy atom. The van der Waals surface area contributed by atoms with Gasteiger partial charge in [-0.1, -0.05) is 6.92 Å². The normalized spacial score (nSPS) is 23.2. The van der Waals surface area contributed by atoms with Gasteiger partial charge in [0.15, 0.2) is 17.4 Å². The third kappa shape index (κ3) is 8.43. The summed E-state index contributed by atoms with van der Waals surface area (Å²) in [5, 5.41) is 13.6. The van der Waals surface area contributed by atoms with Gasteiger partial charge in [0.05, 0.1) is 10.8 Å². The number of nitrogens with one attached hydrogen (secondary N) is 3. The van der Waals surface area contributed by atoms with Gasteiger partial charge >= 0.3 is 18.9 Å². The van der Waals surface area contributed by atoms with E-state index in [-0.39, 0.29) is 37.6 Å². The fourth-order valence-electron chi connectivity index (χ4n) is 8.11. The van der Waals surface area contributed by atoms with Crippen LogP contribution in [0.15, 0.2) is 12.7 Å². The molecule has 2 fully saturated rings. The third-order valence-corrected chi connectivity index (χ3v) is 12.7. The Labute approximate surface area is 311 Å². The zero-order valence-electron chi connectivity index (χ0n) is 28.8. The Kier molecular flexibility index (Phi) is 13.2. The predicted molar refractivity (Wildman–Crippen MR) is 198 cm³/mol. The van der Waals surface area contributed by atoms with E-state index in [1.165, 1.54) is 101 Å². The quantitative estimate of drug-likeness (QED) is 0.243. The first-order valence-corrected chi connectivity index (χ1v) is 18.9. The molecule has 3 N–H and O–H groups in total. The van der Waals surface area contributed by atoms with Gasteiger partial charge in [-0.2, -0.15) is 0 Å². The van der Waals surface area contributed by atoms with Gasteiger partial charge in [0.2, 0.25) is 0 Å². The number of ketones is 1. The van der Waals surface area contributed by atoms with Crippen molar-refractivity contribution in [3.63, 3.8) is 0 Å². The SMILES string of the molecule is CC(=O)CC1CCC(Nc2ncnc3sc4c(c23)CCC4)CC1.CCNC1CCC(Nc2ncnc3sc4c(c23)CCC4)CC1.[AlH3].[H-].[Li+]. The van der Waals surface area contributed by atoms with Gasteiger partial charge in [-0.05, 0) is 120 Å². The van der Waals surface area contributed by atoms with Crippen molar-refractivity contribution in [2.24, 2.45) is 5.92 Å². The summed E-state index contributed by atoms with van der Waals surface area (Å²) in [6.45, 7) is 4.98. The molecule has 4 aliphatic rings. The summed E-state index contributed by atoms with van der Waals surface area (Å²) in [5.41, 5.74) is 3.00. The topological polar surface area (TPSA) is 105 Å². The van der Waals surface area contributed by atoms with Gasteiger partial charge in [-0.25, -0.2) is 19.9 Å². The zero-order chi connectivity index (χ0) is 30.8. The Morgan fingerprint density at radius 1 is 0.745 bits per heavy atom. The minimum Gasteiger partial charge on any atom is -1.00 e. The smallest absolute Gasteiger partial charge is 1.00 e. The van der Waals surface area contributed by atoms with Crippen LogP contribution in [-0.4, -0.2) is 67.8 Å². The first-order chi connectivity index (χ1) is 22.1. The van der Waals surface area contributed by atoms with E-state index in [9.17, 15) is 4.79 Å². The van der Waals surface area contributed by atoms with E-state index in [1.54, 1.807) is 19.6 Å². The van der Waals surface area contributed by atoms with Gasteiger partial charge in [0.25, 0.3) is 0 Å². The summed E-state index contributed by atoms with van der Waals surface area (Å²) in [6, 6.07) is 1.75. The fraction of sp³-hybridized carbons (Fsp3) is 0.629. The number of carbonyl (C=O) groups excluding carboxylic acids is 1. The summed E-state index contributed by atoms with van der Waals surface area (Å²) in [6.07, 6.45) is 21.1. The maximum absolute atomic E-state index is 11.3. The summed E-state index contributed by atoms with van der Waals surface area (Å²) >= 11 is 3.71. The van der Waals surface area contributed by atoms with Crippen molar-refractivity contribution in [1.29, 1.82) is 0 Å². The van der Waals surface area contributed by atoms with Crippen molar-refractivity contribution in [1.82, 2.24) is 25.3 Å². The molecule has 0 aliphatic heterocycles. The van der Waals surface area contributed by atoms with Crippen LogP contribution >= 0.6 is 22.7 Å². The standard InChI is InChI=1S/C18H23N3OS.C17H24N4S.Al.Li.4H/c1-11(22)9-12-5-7-13(8-6-12)21-17-16-14-3-2-4-15(14)23-18(16)20-10-19-17;1-2-18-11-6-8-12(9-7-11)21-16-15-13-4-3-5-14(13)22-17(15)20-10-19-16;;;;;;/h10,12-13H,2-9H2,1H3,(H,19,20,21);10-12,18H,2-9H2,1H3,(H,19,20,21);;;;;;/q;;;+1;;;;-1. The number of hydrogen-bond donors (Lipinski definition) is 3. The fourth-order valence-corrected chi connectivity index (χ4v) is 10.6. The van der Waals surface area contributed by atoms with Crippen LogP contribution in [0.3, 0.4) is 0 Å². The van der Waals surface area contributed by atoms with E-state index in [0.29, 0.717) is 29.8 Å². The van der Waals surface area contributed by atoms with Crippen molar-refractivity contribution < 1.29 is 25.1 Å². The number of carbonyl (C=O) groups is 1. The molecule has 0 bridgehead atoms. The second-order valence-corrected chi connectivity index (χ2v) is 15.7. The van der Waals surface area contributed by atoms with Gasteiger partial charge in [0, 0.05) is 34.3 Å². The number of anilines is 2. The summed E-state index contributed by atoms with van der Waals surface area (Å²) in [4.78, 5) is 34.7.